The van der Waals surface area contributed by atoms with Crippen LogP contribution in [0.5, 0.6) is 5.75 Å². The Bertz CT molecular complexity index is 1660. The lowest BCUT2D eigenvalue weighted by Crippen LogP contribution is -2.15. The van der Waals surface area contributed by atoms with E-state index in [0.29, 0.717) is 4.99 Å². The first-order valence-corrected chi connectivity index (χ1v) is 13.8. The molecule has 0 aliphatic carbocycles. The Morgan fingerprint density at radius 3 is 2.37 bits per heavy atom. The summed E-state index contributed by atoms with van der Waals surface area (Å²) < 4.78 is 10.4. The third-order valence-corrected chi connectivity index (χ3v) is 7.98. The quantitative estimate of drug-likeness (QED) is 0.227. The Balaban J connectivity index is 1.60. The zero-order valence-electron chi connectivity index (χ0n) is 21.8. The number of ether oxygens (including phenoxy) is 1. The lowest BCUT2D eigenvalue weighted by atomic mass is 9.97. The number of aromatic nitrogens is 2. The minimum atomic E-state index is 0.672. The summed E-state index contributed by atoms with van der Waals surface area (Å²) >= 11 is 12.4. The molecule has 0 saturated carbocycles. The molecule has 0 atom stereocenters. The number of thiocarbonyl (C=S) groups is 1. The fourth-order valence-corrected chi connectivity index (χ4v) is 6.03. The van der Waals surface area contributed by atoms with Crippen molar-refractivity contribution in [3.63, 3.8) is 0 Å². The van der Waals surface area contributed by atoms with E-state index in [-0.39, 0.29) is 0 Å². The molecule has 1 N–H and O–H groups in total. The van der Waals surface area contributed by atoms with Crippen molar-refractivity contribution in [3.8, 4) is 28.1 Å². The highest BCUT2D eigenvalue weighted by molar-refractivity contribution is 7.81. The van der Waals surface area contributed by atoms with Crippen LogP contribution in [0.25, 0.3) is 28.0 Å². The summed E-state index contributed by atoms with van der Waals surface area (Å²) in [5.41, 5.74) is 11.5. The van der Waals surface area contributed by atoms with Crippen LogP contribution in [0.3, 0.4) is 0 Å². The van der Waals surface area contributed by atoms with Gasteiger partial charge < -0.3 is 14.6 Å². The molecule has 3 heterocycles. The van der Waals surface area contributed by atoms with Crippen LogP contribution in [-0.4, -0.2) is 21.1 Å². The molecule has 1 aliphatic rings. The first-order valence-electron chi connectivity index (χ1n) is 13.0. The second kappa shape index (κ2) is 9.97. The highest BCUT2D eigenvalue weighted by atomic mass is 35.5. The van der Waals surface area contributed by atoms with E-state index >= 15 is 0 Å². The van der Waals surface area contributed by atoms with Gasteiger partial charge in [-0.1, -0.05) is 71.8 Å². The number of benzene rings is 3. The van der Waals surface area contributed by atoms with Crippen molar-refractivity contribution in [2.75, 3.05) is 12.4 Å². The van der Waals surface area contributed by atoms with E-state index < -0.39 is 0 Å². The number of nitrogens with one attached hydrogen (secondary N) is 1. The molecule has 3 aromatic carbocycles. The number of aryl methyl sites for hydroxylation is 4. The van der Waals surface area contributed by atoms with Gasteiger partial charge in [0.2, 0.25) is 0 Å². The highest BCUT2D eigenvalue weighted by Crippen LogP contribution is 2.40. The molecular formula is C32H30ClN3OS. The standard InChI is InChI=1S/C32H30ClN3OS/c1-20-7-10-23(11-8-20)29-25-6-4-5-17-35-27(22-12-14-24(33)15-13-22)19-36(32(25)35)30(29)31(38)34-26-18-21(2)9-16-28(26)37-3/h7-16,18-19H,4-6,17H2,1-3H3,(H,34,38). The lowest BCUT2D eigenvalue weighted by molar-refractivity contribution is 0.417. The van der Waals surface area contributed by atoms with Gasteiger partial charge in [0.25, 0.3) is 0 Å². The SMILES string of the molecule is COc1ccc(C)cc1NC(=S)c1c(-c2ccc(C)cc2)c2c3n(c(-c4ccc(Cl)cc4)cn13)CCCC2. The van der Waals surface area contributed by atoms with Crippen LogP contribution < -0.4 is 10.1 Å². The molecule has 38 heavy (non-hydrogen) atoms. The van der Waals surface area contributed by atoms with Crippen molar-refractivity contribution in [2.45, 2.75) is 39.7 Å². The smallest absolute Gasteiger partial charge is 0.142 e. The zero-order valence-corrected chi connectivity index (χ0v) is 23.4. The van der Waals surface area contributed by atoms with Gasteiger partial charge in [0, 0.05) is 28.9 Å². The molecule has 6 heteroatoms. The molecular weight excluding hydrogens is 510 g/mol. The Labute approximate surface area is 233 Å². The third-order valence-electron chi connectivity index (χ3n) is 7.43. The number of rotatable bonds is 5. The van der Waals surface area contributed by atoms with Crippen molar-refractivity contribution in [1.29, 1.82) is 0 Å². The van der Waals surface area contributed by atoms with Crippen LogP contribution in [0.2, 0.25) is 5.02 Å². The van der Waals surface area contributed by atoms with Crippen LogP contribution in [0.1, 0.15) is 35.2 Å². The molecule has 5 aromatic rings. The van der Waals surface area contributed by atoms with Gasteiger partial charge in [-0.25, -0.2) is 0 Å². The fourth-order valence-electron chi connectivity index (χ4n) is 5.59. The number of hydrogen-bond donors (Lipinski definition) is 1. The topological polar surface area (TPSA) is 30.6 Å². The number of methoxy groups -OCH3 is 1. The predicted molar refractivity (Wildman–Crippen MR) is 162 cm³/mol. The van der Waals surface area contributed by atoms with E-state index in [4.69, 9.17) is 28.6 Å². The van der Waals surface area contributed by atoms with Gasteiger partial charge in [0.05, 0.1) is 24.2 Å². The maximum Gasteiger partial charge on any atom is 0.142 e. The van der Waals surface area contributed by atoms with E-state index in [0.717, 1.165) is 59.1 Å². The summed E-state index contributed by atoms with van der Waals surface area (Å²) in [7, 11) is 1.69. The summed E-state index contributed by atoms with van der Waals surface area (Å²) in [6.45, 7) is 5.16. The normalized spacial score (nSPS) is 12.9. The van der Waals surface area contributed by atoms with E-state index in [9.17, 15) is 0 Å². The average Bonchev–Trinajstić information content (AvgIpc) is 3.32. The second-order valence-corrected chi connectivity index (χ2v) is 10.9. The van der Waals surface area contributed by atoms with Crippen molar-refractivity contribution >= 4 is 40.1 Å². The van der Waals surface area contributed by atoms with Gasteiger partial charge in [-0.15, -0.1) is 0 Å². The molecule has 0 radical (unpaired) electrons. The predicted octanol–water partition coefficient (Wildman–Crippen LogP) is 8.48. The summed E-state index contributed by atoms with van der Waals surface area (Å²) in [6.07, 6.45) is 5.51. The highest BCUT2D eigenvalue weighted by Gasteiger charge is 2.28. The number of nitrogens with zero attached hydrogens (tertiary/aromatic N) is 2. The molecule has 0 unspecified atom stereocenters. The van der Waals surface area contributed by atoms with Crippen LogP contribution in [0.4, 0.5) is 5.69 Å². The van der Waals surface area contributed by atoms with Crippen LogP contribution in [-0.2, 0) is 13.0 Å². The van der Waals surface area contributed by atoms with Gasteiger partial charge in [0.15, 0.2) is 0 Å². The van der Waals surface area contributed by atoms with Gasteiger partial charge in [-0.2, -0.15) is 0 Å². The number of halogens is 1. The van der Waals surface area contributed by atoms with E-state index in [2.05, 4.69) is 76.8 Å². The van der Waals surface area contributed by atoms with Crippen LogP contribution in [0, 0.1) is 13.8 Å². The molecule has 192 valence electrons. The van der Waals surface area contributed by atoms with E-state index in [1.54, 1.807) is 7.11 Å². The van der Waals surface area contributed by atoms with Crippen LogP contribution >= 0.6 is 23.8 Å². The third kappa shape index (κ3) is 4.30. The van der Waals surface area contributed by atoms with Crippen molar-refractivity contribution < 1.29 is 4.74 Å². The summed E-state index contributed by atoms with van der Waals surface area (Å²) in [4.78, 5) is 0.672. The Hall–Kier alpha value is -3.54. The minimum absolute atomic E-state index is 0.672. The minimum Gasteiger partial charge on any atom is -0.495 e. The summed E-state index contributed by atoms with van der Waals surface area (Å²) in [6, 6.07) is 23.0. The molecule has 4 nitrogen and oxygen atoms in total. The monoisotopic (exact) mass is 539 g/mol. The van der Waals surface area contributed by atoms with Crippen molar-refractivity contribution in [1.82, 2.24) is 8.97 Å². The summed E-state index contributed by atoms with van der Waals surface area (Å²) in [5, 5.41) is 4.28. The number of imidazole rings is 1. The largest absolute Gasteiger partial charge is 0.495 e. The maximum atomic E-state index is 6.22. The Kier molecular flexibility index (Phi) is 6.50. The number of anilines is 1. The summed E-state index contributed by atoms with van der Waals surface area (Å²) in [5.74, 6) is 0.767. The maximum absolute atomic E-state index is 6.22. The first kappa shape index (κ1) is 24.8. The van der Waals surface area contributed by atoms with Gasteiger partial charge in [0.1, 0.15) is 16.4 Å². The van der Waals surface area contributed by atoms with Crippen molar-refractivity contribution in [2.24, 2.45) is 0 Å². The Morgan fingerprint density at radius 2 is 1.63 bits per heavy atom. The fraction of sp³-hybridized carbons (Fsp3) is 0.219. The first-order chi connectivity index (χ1) is 18.4. The van der Waals surface area contributed by atoms with Crippen LogP contribution in [0.15, 0.2) is 72.9 Å². The van der Waals surface area contributed by atoms with Gasteiger partial charge >= 0.3 is 0 Å². The lowest BCUT2D eigenvalue weighted by Gasteiger charge is -2.15. The van der Waals surface area contributed by atoms with Gasteiger partial charge in [-0.05, 0) is 74.1 Å². The van der Waals surface area contributed by atoms with E-state index in [1.165, 1.54) is 33.6 Å². The van der Waals surface area contributed by atoms with Crippen molar-refractivity contribution in [3.05, 3.63) is 100 Å². The molecule has 0 amide bonds. The zero-order chi connectivity index (χ0) is 26.4. The molecule has 0 saturated heterocycles. The molecule has 2 aromatic heterocycles. The molecule has 6 rings (SSSR count). The number of hydrogen-bond acceptors (Lipinski definition) is 2. The average molecular weight is 540 g/mol. The van der Waals surface area contributed by atoms with Gasteiger partial charge in [-0.3, -0.25) is 4.40 Å². The molecule has 1 aliphatic heterocycles. The molecule has 0 spiro atoms. The Morgan fingerprint density at radius 1 is 0.921 bits per heavy atom. The molecule has 0 fully saturated rings. The van der Waals surface area contributed by atoms with E-state index in [1.807, 2.05) is 24.3 Å². The molecule has 0 bridgehead atoms. The second-order valence-electron chi connectivity index (χ2n) is 10.0.